The van der Waals surface area contributed by atoms with Crippen LogP contribution in [0, 0.1) is 29.1 Å². The monoisotopic (exact) mass is 250 g/mol. The minimum atomic E-state index is -0.432. The Bertz CT molecular complexity index is 412. The fourth-order valence-electron chi connectivity index (χ4n) is 4.14. The Labute approximate surface area is 109 Å². The van der Waals surface area contributed by atoms with Crippen LogP contribution in [-0.2, 0) is 14.3 Å². The van der Waals surface area contributed by atoms with E-state index < -0.39 is 5.41 Å². The molecule has 0 amide bonds. The fourth-order valence-corrected chi connectivity index (χ4v) is 4.14. The zero-order chi connectivity index (χ0) is 13.7. The molecule has 18 heavy (non-hydrogen) atoms. The van der Waals surface area contributed by atoms with Gasteiger partial charge in [-0.15, -0.1) is 0 Å². The Balaban J connectivity index is 2.38. The maximum absolute atomic E-state index is 12.5. The van der Waals surface area contributed by atoms with Gasteiger partial charge in [-0.2, -0.15) is 0 Å². The molecule has 0 heterocycles. The van der Waals surface area contributed by atoms with E-state index >= 15 is 0 Å². The number of fused-ring (bicyclic) bond motifs is 3. The highest BCUT2D eigenvalue weighted by atomic mass is 16.5. The highest BCUT2D eigenvalue weighted by Gasteiger charge is 2.59. The van der Waals surface area contributed by atoms with E-state index in [1.807, 2.05) is 20.8 Å². The first-order valence-electron chi connectivity index (χ1n) is 6.60. The van der Waals surface area contributed by atoms with E-state index in [2.05, 4.69) is 6.58 Å². The number of rotatable bonds is 2. The lowest BCUT2D eigenvalue weighted by Crippen LogP contribution is -2.57. The predicted molar refractivity (Wildman–Crippen MR) is 68.8 cm³/mol. The van der Waals surface area contributed by atoms with Crippen LogP contribution in [0.25, 0.3) is 0 Å². The van der Waals surface area contributed by atoms with Gasteiger partial charge in [-0.1, -0.05) is 26.0 Å². The summed E-state index contributed by atoms with van der Waals surface area (Å²) in [6.45, 7) is 9.96. The fraction of sp³-hybridized carbons (Fsp3) is 0.733. The maximum atomic E-state index is 12.5. The Morgan fingerprint density at radius 3 is 2.61 bits per heavy atom. The molecule has 5 atom stereocenters. The van der Waals surface area contributed by atoms with Gasteiger partial charge in [0.15, 0.2) is 0 Å². The summed E-state index contributed by atoms with van der Waals surface area (Å²) < 4.78 is 4.89. The molecule has 0 N–H and O–H groups in total. The van der Waals surface area contributed by atoms with Gasteiger partial charge in [0.25, 0.3) is 0 Å². The van der Waals surface area contributed by atoms with Crippen LogP contribution in [0.3, 0.4) is 0 Å². The van der Waals surface area contributed by atoms with Crippen LogP contribution in [-0.4, -0.2) is 18.9 Å². The molecule has 3 saturated carbocycles. The van der Waals surface area contributed by atoms with Gasteiger partial charge >= 0.3 is 5.97 Å². The van der Waals surface area contributed by atoms with Gasteiger partial charge in [-0.25, -0.2) is 0 Å². The molecular weight excluding hydrogens is 228 g/mol. The summed E-state index contributed by atoms with van der Waals surface area (Å²) in [7, 11) is 1.43. The summed E-state index contributed by atoms with van der Waals surface area (Å²) in [6.07, 6.45) is 1.50. The van der Waals surface area contributed by atoms with Gasteiger partial charge in [-0.05, 0) is 31.6 Å². The zero-order valence-electron chi connectivity index (χ0n) is 11.7. The lowest BCUT2D eigenvalue weighted by Gasteiger charge is -2.55. The molecule has 0 saturated heterocycles. The van der Waals surface area contributed by atoms with Crippen molar-refractivity contribution in [3.05, 3.63) is 12.2 Å². The van der Waals surface area contributed by atoms with Crippen molar-refractivity contribution in [1.82, 2.24) is 0 Å². The van der Waals surface area contributed by atoms with E-state index in [1.165, 1.54) is 7.11 Å². The number of methoxy groups -OCH3 is 1. The van der Waals surface area contributed by atoms with Gasteiger partial charge in [0, 0.05) is 11.3 Å². The molecule has 100 valence electrons. The third-order valence-corrected chi connectivity index (χ3v) is 5.16. The maximum Gasteiger partial charge on any atom is 0.308 e. The first kappa shape index (κ1) is 13.3. The van der Waals surface area contributed by atoms with Crippen molar-refractivity contribution < 1.29 is 14.3 Å². The van der Waals surface area contributed by atoms with Crippen LogP contribution in [0.15, 0.2) is 12.2 Å². The number of hydrogen-bond acceptors (Lipinski definition) is 3. The topological polar surface area (TPSA) is 43.4 Å². The van der Waals surface area contributed by atoms with Gasteiger partial charge in [-0.3, -0.25) is 9.59 Å². The van der Waals surface area contributed by atoms with Crippen LogP contribution >= 0.6 is 0 Å². The molecule has 1 unspecified atom stereocenters. The Kier molecular flexibility index (Phi) is 3.12. The van der Waals surface area contributed by atoms with Crippen molar-refractivity contribution in [2.24, 2.45) is 29.1 Å². The van der Waals surface area contributed by atoms with Crippen molar-refractivity contribution in [2.75, 3.05) is 7.11 Å². The van der Waals surface area contributed by atoms with Crippen LogP contribution in [0.4, 0.5) is 0 Å². The number of Topliss-reactive ketones (excluding diaryl/α,β-unsaturated/α-hetero) is 1. The molecule has 0 spiro atoms. The molecule has 3 rings (SSSR count). The standard InChI is InChI=1S/C15H22O3/c1-8(2)12-6-10-9(3)13(16)15(12,4)7-11(10)14(17)18-5/h9-12H,1,6-7H2,2-5H3/t9?,10-,11-,12+,15+/m1/s1. The predicted octanol–water partition coefficient (Wildman–Crippen LogP) is 2.60. The Morgan fingerprint density at radius 1 is 1.50 bits per heavy atom. The van der Waals surface area contributed by atoms with Crippen LogP contribution in [0.1, 0.15) is 33.6 Å². The van der Waals surface area contributed by atoms with Crippen molar-refractivity contribution >= 4 is 11.8 Å². The number of carbonyl (C=O) groups excluding carboxylic acids is 2. The van der Waals surface area contributed by atoms with E-state index in [9.17, 15) is 9.59 Å². The third-order valence-electron chi connectivity index (χ3n) is 5.16. The minimum absolute atomic E-state index is 0.0385. The van der Waals surface area contributed by atoms with E-state index in [1.54, 1.807) is 0 Å². The molecule has 0 aromatic heterocycles. The number of ketones is 1. The molecule has 3 fully saturated rings. The summed E-state index contributed by atoms with van der Waals surface area (Å²) in [4.78, 5) is 24.4. The summed E-state index contributed by atoms with van der Waals surface area (Å²) in [5.74, 6) is 0.310. The third kappa shape index (κ3) is 1.63. The van der Waals surface area contributed by atoms with Crippen molar-refractivity contribution in [3.63, 3.8) is 0 Å². The molecule has 0 aromatic carbocycles. The molecule has 0 aromatic rings. The van der Waals surface area contributed by atoms with Crippen LogP contribution in [0.2, 0.25) is 0 Å². The van der Waals surface area contributed by atoms with Crippen molar-refractivity contribution in [1.29, 1.82) is 0 Å². The van der Waals surface area contributed by atoms with E-state index in [0.29, 0.717) is 12.2 Å². The van der Waals surface area contributed by atoms with E-state index in [0.717, 1.165) is 12.0 Å². The summed E-state index contributed by atoms with van der Waals surface area (Å²) >= 11 is 0. The summed E-state index contributed by atoms with van der Waals surface area (Å²) in [5.41, 5.74) is 0.629. The highest BCUT2D eigenvalue weighted by molar-refractivity contribution is 5.91. The molecule has 2 bridgehead atoms. The average molecular weight is 250 g/mol. The first-order chi connectivity index (χ1) is 8.32. The second-order valence-electron chi connectivity index (χ2n) is 6.20. The SMILES string of the molecule is C=C(C)[C@@H]1C[C@@H]2C(C)C(=O)[C@@]1(C)C[C@H]2C(=O)OC. The molecule has 3 aliphatic carbocycles. The summed E-state index contributed by atoms with van der Waals surface area (Å²) in [5, 5.41) is 0. The molecular formula is C15H22O3. The first-order valence-corrected chi connectivity index (χ1v) is 6.60. The minimum Gasteiger partial charge on any atom is -0.469 e. The second kappa shape index (κ2) is 4.22. The second-order valence-corrected chi connectivity index (χ2v) is 6.20. The lowest BCUT2D eigenvalue weighted by atomic mass is 9.47. The zero-order valence-corrected chi connectivity index (χ0v) is 11.7. The number of allylic oxidation sites excluding steroid dienone is 1. The molecule has 0 aliphatic heterocycles. The highest BCUT2D eigenvalue weighted by Crippen LogP contribution is 2.58. The van der Waals surface area contributed by atoms with Gasteiger partial charge in [0.05, 0.1) is 13.0 Å². The molecule has 3 nitrogen and oxygen atoms in total. The smallest absolute Gasteiger partial charge is 0.308 e. The molecule has 3 heteroatoms. The number of hydrogen-bond donors (Lipinski definition) is 0. The number of esters is 1. The molecule has 3 aliphatic rings. The van der Waals surface area contributed by atoms with Crippen molar-refractivity contribution in [2.45, 2.75) is 33.6 Å². The normalized spacial score (nSPS) is 42.8. The largest absolute Gasteiger partial charge is 0.469 e. The molecule has 0 radical (unpaired) electrons. The quantitative estimate of drug-likeness (QED) is 0.559. The van der Waals surface area contributed by atoms with Gasteiger partial charge in [0.2, 0.25) is 0 Å². The van der Waals surface area contributed by atoms with Crippen molar-refractivity contribution in [3.8, 4) is 0 Å². The Hall–Kier alpha value is -1.12. The number of carbonyl (C=O) groups is 2. The average Bonchev–Trinajstić information content (AvgIpc) is 2.33. The van der Waals surface area contributed by atoms with Gasteiger partial charge in [0.1, 0.15) is 5.78 Å². The van der Waals surface area contributed by atoms with E-state index in [-0.39, 0.29) is 29.6 Å². The van der Waals surface area contributed by atoms with Crippen LogP contribution < -0.4 is 0 Å². The van der Waals surface area contributed by atoms with E-state index in [4.69, 9.17) is 4.74 Å². The summed E-state index contributed by atoms with van der Waals surface area (Å²) in [6, 6.07) is 0. The Morgan fingerprint density at radius 2 is 2.11 bits per heavy atom. The van der Waals surface area contributed by atoms with Gasteiger partial charge < -0.3 is 4.74 Å². The van der Waals surface area contributed by atoms with Crippen LogP contribution in [0.5, 0.6) is 0 Å². The number of ether oxygens (including phenoxy) is 1. The lowest BCUT2D eigenvalue weighted by molar-refractivity contribution is -0.167.